The first-order chi connectivity index (χ1) is 10.1. The molecule has 1 amide bonds. The van der Waals surface area contributed by atoms with Crippen molar-refractivity contribution in [1.29, 1.82) is 0 Å². The van der Waals surface area contributed by atoms with Gasteiger partial charge in [0.15, 0.2) is 6.10 Å². The van der Waals surface area contributed by atoms with Crippen LogP contribution in [0.2, 0.25) is 0 Å². The smallest absolute Gasteiger partial charge is 0.260 e. The number of amides is 1. The fourth-order valence-corrected chi connectivity index (χ4v) is 2.91. The second-order valence-corrected chi connectivity index (χ2v) is 6.10. The third-order valence-electron chi connectivity index (χ3n) is 4.11. The Hall–Kier alpha value is -1.51. The van der Waals surface area contributed by atoms with Gasteiger partial charge < -0.3 is 10.1 Å². The molecule has 2 atom stereocenters. The van der Waals surface area contributed by atoms with Crippen LogP contribution in [-0.2, 0) is 17.6 Å². The van der Waals surface area contributed by atoms with Crippen molar-refractivity contribution in [1.82, 2.24) is 5.32 Å². The van der Waals surface area contributed by atoms with Gasteiger partial charge in [0.25, 0.3) is 5.91 Å². The Morgan fingerprint density at radius 3 is 2.67 bits per heavy atom. The summed E-state index contributed by atoms with van der Waals surface area (Å²) in [6, 6.07) is 6.45. The number of fused-ring (bicyclic) bond motifs is 1. The van der Waals surface area contributed by atoms with E-state index in [0.717, 1.165) is 25.0 Å². The average molecular weight is 289 g/mol. The third-order valence-corrected chi connectivity index (χ3v) is 4.11. The molecule has 3 nitrogen and oxygen atoms in total. The minimum atomic E-state index is -0.453. The van der Waals surface area contributed by atoms with Crippen LogP contribution in [0.5, 0.6) is 5.75 Å². The summed E-state index contributed by atoms with van der Waals surface area (Å²) in [5.41, 5.74) is 2.81. The maximum atomic E-state index is 12.1. The van der Waals surface area contributed by atoms with Crippen molar-refractivity contribution in [2.75, 3.05) is 0 Å². The molecule has 1 aromatic rings. The van der Waals surface area contributed by atoms with Gasteiger partial charge in [-0.15, -0.1) is 0 Å². The molecule has 21 heavy (non-hydrogen) atoms. The highest BCUT2D eigenvalue weighted by atomic mass is 16.5. The number of carbonyl (C=O) groups is 1. The van der Waals surface area contributed by atoms with Crippen molar-refractivity contribution >= 4 is 5.91 Å². The highest BCUT2D eigenvalue weighted by Crippen LogP contribution is 2.25. The molecule has 2 unspecified atom stereocenters. The summed E-state index contributed by atoms with van der Waals surface area (Å²) in [6.07, 6.45) is 6.44. The van der Waals surface area contributed by atoms with Crippen molar-refractivity contribution in [2.24, 2.45) is 0 Å². The minimum absolute atomic E-state index is 0.0336. The third kappa shape index (κ3) is 4.48. The number of ether oxygens (including phenoxy) is 1. The normalized spacial score (nSPS) is 16.7. The molecule has 0 fully saturated rings. The zero-order valence-corrected chi connectivity index (χ0v) is 13.4. The van der Waals surface area contributed by atoms with E-state index in [1.807, 2.05) is 19.9 Å². The average Bonchev–Trinajstić information content (AvgIpc) is 2.47. The van der Waals surface area contributed by atoms with Crippen LogP contribution in [0, 0.1) is 0 Å². The van der Waals surface area contributed by atoms with Crippen LogP contribution < -0.4 is 10.1 Å². The van der Waals surface area contributed by atoms with E-state index in [0.29, 0.717) is 0 Å². The number of hydrogen-bond donors (Lipinski definition) is 1. The van der Waals surface area contributed by atoms with Crippen molar-refractivity contribution in [3.63, 3.8) is 0 Å². The van der Waals surface area contributed by atoms with E-state index in [1.165, 1.54) is 30.4 Å². The van der Waals surface area contributed by atoms with Crippen LogP contribution in [0.1, 0.15) is 57.6 Å². The van der Waals surface area contributed by atoms with Gasteiger partial charge in [-0.2, -0.15) is 0 Å². The molecule has 116 valence electrons. The van der Waals surface area contributed by atoms with Gasteiger partial charge in [-0.25, -0.2) is 0 Å². The van der Waals surface area contributed by atoms with Crippen molar-refractivity contribution in [2.45, 2.75) is 71.4 Å². The fourth-order valence-electron chi connectivity index (χ4n) is 2.91. The van der Waals surface area contributed by atoms with Gasteiger partial charge in [0.1, 0.15) is 5.75 Å². The second-order valence-electron chi connectivity index (χ2n) is 6.10. The molecular weight excluding hydrogens is 262 g/mol. The lowest BCUT2D eigenvalue weighted by atomic mass is 9.92. The Morgan fingerprint density at radius 1 is 1.24 bits per heavy atom. The summed E-state index contributed by atoms with van der Waals surface area (Å²) in [4.78, 5) is 12.1. The first kappa shape index (κ1) is 15.9. The SMILES string of the molecule is CCCC(C)NC(=O)C(C)Oc1ccc2c(c1)CCCC2. The Morgan fingerprint density at radius 2 is 1.95 bits per heavy atom. The number of rotatable bonds is 6. The molecule has 0 saturated carbocycles. The minimum Gasteiger partial charge on any atom is -0.481 e. The fraction of sp³-hybridized carbons (Fsp3) is 0.611. The molecular formula is C18H27NO2. The summed E-state index contributed by atoms with van der Waals surface area (Å²) in [5, 5.41) is 3.00. The summed E-state index contributed by atoms with van der Waals surface area (Å²) in [6.45, 7) is 5.97. The molecule has 1 aliphatic carbocycles. The van der Waals surface area contributed by atoms with E-state index >= 15 is 0 Å². The lowest BCUT2D eigenvalue weighted by Crippen LogP contribution is -2.41. The van der Waals surface area contributed by atoms with Gasteiger partial charge in [-0.3, -0.25) is 4.79 Å². The molecule has 0 spiro atoms. The number of hydrogen-bond acceptors (Lipinski definition) is 2. The zero-order chi connectivity index (χ0) is 15.2. The van der Waals surface area contributed by atoms with Crippen molar-refractivity contribution in [3.05, 3.63) is 29.3 Å². The van der Waals surface area contributed by atoms with E-state index in [-0.39, 0.29) is 11.9 Å². The molecule has 0 aliphatic heterocycles. The monoisotopic (exact) mass is 289 g/mol. The van der Waals surface area contributed by atoms with Crippen molar-refractivity contribution in [3.8, 4) is 5.75 Å². The topological polar surface area (TPSA) is 38.3 Å². The largest absolute Gasteiger partial charge is 0.481 e. The number of nitrogens with one attached hydrogen (secondary N) is 1. The van der Waals surface area contributed by atoms with E-state index in [9.17, 15) is 4.79 Å². The highest BCUT2D eigenvalue weighted by molar-refractivity contribution is 5.80. The first-order valence-corrected chi connectivity index (χ1v) is 8.19. The number of aryl methyl sites for hydroxylation is 2. The Bertz CT molecular complexity index is 484. The quantitative estimate of drug-likeness (QED) is 0.868. The number of benzene rings is 1. The molecule has 1 N–H and O–H groups in total. The van der Waals surface area contributed by atoms with Crippen molar-refractivity contribution < 1.29 is 9.53 Å². The molecule has 0 heterocycles. The molecule has 0 bridgehead atoms. The van der Waals surface area contributed by atoms with Crippen LogP contribution >= 0.6 is 0 Å². The van der Waals surface area contributed by atoms with Gasteiger partial charge in [-0.05, 0) is 69.2 Å². The Labute approximate surface area is 128 Å². The van der Waals surface area contributed by atoms with E-state index in [4.69, 9.17) is 4.74 Å². The van der Waals surface area contributed by atoms with Gasteiger partial charge in [0.2, 0.25) is 0 Å². The Kier molecular flexibility index (Phi) is 5.66. The highest BCUT2D eigenvalue weighted by Gasteiger charge is 2.17. The van der Waals surface area contributed by atoms with Gasteiger partial charge in [0.05, 0.1) is 0 Å². The summed E-state index contributed by atoms with van der Waals surface area (Å²) in [5.74, 6) is 0.773. The van der Waals surface area contributed by atoms with E-state index in [1.54, 1.807) is 0 Å². The van der Waals surface area contributed by atoms with Crippen LogP contribution in [0.25, 0.3) is 0 Å². The molecule has 0 saturated heterocycles. The second kappa shape index (κ2) is 7.48. The molecule has 2 rings (SSSR count). The van der Waals surface area contributed by atoms with E-state index in [2.05, 4.69) is 24.4 Å². The molecule has 3 heteroatoms. The van der Waals surface area contributed by atoms with Crippen LogP contribution in [0.3, 0.4) is 0 Å². The van der Waals surface area contributed by atoms with Crippen LogP contribution in [0.4, 0.5) is 0 Å². The molecule has 1 aliphatic rings. The standard InChI is InChI=1S/C18H27NO2/c1-4-7-13(2)19-18(20)14(3)21-17-11-10-15-8-5-6-9-16(15)12-17/h10-14H,4-9H2,1-3H3,(H,19,20). The lowest BCUT2D eigenvalue weighted by Gasteiger charge is -2.20. The maximum Gasteiger partial charge on any atom is 0.260 e. The van der Waals surface area contributed by atoms with Gasteiger partial charge in [0, 0.05) is 6.04 Å². The van der Waals surface area contributed by atoms with E-state index < -0.39 is 6.10 Å². The van der Waals surface area contributed by atoms with Gasteiger partial charge >= 0.3 is 0 Å². The van der Waals surface area contributed by atoms with Gasteiger partial charge in [-0.1, -0.05) is 19.4 Å². The maximum absolute atomic E-state index is 12.1. The lowest BCUT2D eigenvalue weighted by molar-refractivity contribution is -0.127. The Balaban J connectivity index is 1.92. The molecule has 1 aromatic carbocycles. The predicted octanol–water partition coefficient (Wildman–Crippen LogP) is 3.64. The van der Waals surface area contributed by atoms with Crippen LogP contribution in [0.15, 0.2) is 18.2 Å². The summed E-state index contributed by atoms with van der Waals surface area (Å²) in [7, 11) is 0. The number of carbonyl (C=O) groups excluding carboxylic acids is 1. The summed E-state index contributed by atoms with van der Waals surface area (Å²) < 4.78 is 5.81. The first-order valence-electron chi connectivity index (χ1n) is 8.19. The molecule has 0 aromatic heterocycles. The predicted molar refractivity (Wildman–Crippen MR) is 85.7 cm³/mol. The molecule has 0 radical (unpaired) electrons. The zero-order valence-electron chi connectivity index (χ0n) is 13.4. The summed E-state index contributed by atoms with van der Waals surface area (Å²) >= 11 is 0. The van der Waals surface area contributed by atoms with Crippen LogP contribution in [-0.4, -0.2) is 18.1 Å².